The SMILES string of the molecule is C=C(/C=C\C1=C(C)C(C)(C)c2cc(/C=C/c3ccc4c(c3)C3(CCCC3)c3cc(N5CCCc6ccccc65)ccc3-4)ccc21)N1c2ccccc2C=Cc2ccccc21. The van der Waals surface area contributed by atoms with Crippen molar-refractivity contribution in [1.29, 1.82) is 0 Å². The van der Waals surface area contributed by atoms with E-state index < -0.39 is 0 Å². The van der Waals surface area contributed by atoms with Gasteiger partial charge in [-0.1, -0.05) is 166 Å². The summed E-state index contributed by atoms with van der Waals surface area (Å²) in [4.78, 5) is 4.86. The second-order valence-electron chi connectivity index (χ2n) is 18.1. The Morgan fingerprint density at radius 3 is 1.88 bits per heavy atom. The molecule has 0 aromatic heterocycles. The summed E-state index contributed by atoms with van der Waals surface area (Å²) < 4.78 is 0. The van der Waals surface area contributed by atoms with Gasteiger partial charge in [-0.05, 0) is 136 Å². The molecule has 60 heavy (non-hydrogen) atoms. The molecule has 2 heteroatoms. The Balaban J connectivity index is 0.874. The molecular formula is C58H52N2. The van der Waals surface area contributed by atoms with Crippen molar-refractivity contribution in [1.82, 2.24) is 0 Å². The number of para-hydroxylation sites is 3. The van der Waals surface area contributed by atoms with Crippen LogP contribution in [-0.4, -0.2) is 6.54 Å². The van der Waals surface area contributed by atoms with Crippen molar-refractivity contribution in [3.8, 4) is 11.1 Å². The van der Waals surface area contributed by atoms with E-state index in [9.17, 15) is 0 Å². The lowest BCUT2D eigenvalue weighted by molar-refractivity contribution is 0.549. The van der Waals surface area contributed by atoms with E-state index in [2.05, 4.69) is 201 Å². The minimum atomic E-state index is -0.0881. The van der Waals surface area contributed by atoms with Gasteiger partial charge in [0.1, 0.15) is 0 Å². The van der Waals surface area contributed by atoms with Crippen molar-refractivity contribution >= 4 is 52.6 Å². The Bertz CT molecular complexity index is 2820. The summed E-state index contributed by atoms with van der Waals surface area (Å²) >= 11 is 0. The van der Waals surface area contributed by atoms with Crippen LogP contribution in [0, 0.1) is 0 Å². The van der Waals surface area contributed by atoms with Crippen molar-refractivity contribution in [2.75, 3.05) is 16.3 Å². The van der Waals surface area contributed by atoms with Gasteiger partial charge in [0.25, 0.3) is 0 Å². The summed E-state index contributed by atoms with van der Waals surface area (Å²) in [5, 5.41) is 0. The predicted molar refractivity (Wildman–Crippen MR) is 256 cm³/mol. The monoisotopic (exact) mass is 776 g/mol. The Morgan fingerprint density at radius 2 is 1.18 bits per heavy atom. The summed E-state index contributed by atoms with van der Waals surface area (Å²) in [7, 11) is 0. The molecule has 2 aliphatic heterocycles. The highest BCUT2D eigenvalue weighted by atomic mass is 15.2. The molecule has 1 saturated carbocycles. The van der Waals surface area contributed by atoms with Crippen molar-refractivity contribution in [2.24, 2.45) is 0 Å². The molecule has 0 unspecified atom stereocenters. The van der Waals surface area contributed by atoms with Gasteiger partial charge in [-0.25, -0.2) is 0 Å². The van der Waals surface area contributed by atoms with Crippen LogP contribution < -0.4 is 9.80 Å². The first kappa shape index (κ1) is 36.7. The molecule has 0 amide bonds. The van der Waals surface area contributed by atoms with Crippen LogP contribution in [-0.2, 0) is 17.3 Å². The van der Waals surface area contributed by atoms with Crippen LogP contribution in [0.3, 0.4) is 0 Å². The highest BCUT2D eigenvalue weighted by Gasteiger charge is 2.45. The molecule has 0 N–H and O–H groups in total. The van der Waals surface area contributed by atoms with E-state index in [0.29, 0.717) is 0 Å². The lowest BCUT2D eigenvalue weighted by atomic mass is 9.76. The zero-order valence-electron chi connectivity index (χ0n) is 35.1. The summed E-state index contributed by atoms with van der Waals surface area (Å²) in [6.45, 7) is 12.7. The number of nitrogens with zero attached hydrogens (tertiary/aromatic N) is 2. The molecule has 0 bridgehead atoms. The summed E-state index contributed by atoms with van der Waals surface area (Å²) in [5.74, 6) is 0. The number of aryl methyl sites for hydroxylation is 1. The molecule has 294 valence electrons. The first-order valence-corrected chi connectivity index (χ1v) is 22.0. The van der Waals surface area contributed by atoms with Gasteiger partial charge in [0.2, 0.25) is 0 Å². The van der Waals surface area contributed by atoms with E-state index in [1.807, 2.05) is 0 Å². The van der Waals surface area contributed by atoms with Gasteiger partial charge in [-0.3, -0.25) is 0 Å². The minimum absolute atomic E-state index is 0.0881. The molecule has 0 atom stereocenters. The van der Waals surface area contributed by atoms with Crippen LogP contribution in [0.25, 0.3) is 41.0 Å². The highest BCUT2D eigenvalue weighted by Crippen LogP contribution is 2.58. The maximum Gasteiger partial charge on any atom is 0.0533 e. The van der Waals surface area contributed by atoms with E-state index in [1.54, 1.807) is 5.56 Å². The standard InChI is InChI=1S/C58H52N2/c1-39(60-55-19-9-6-15-44(55)26-27-45-16-7-10-20-56(45)60)21-29-47-40(2)57(3,4)51-36-41(24-30-48(47)51)22-23-42-25-31-49-50-32-28-46(59-35-13-17-43-14-5-8-18-54(43)59)38-53(50)58(52(49)37-42)33-11-12-34-58/h5-10,14-16,18-32,36-38H,1,11-13,17,33-35H2,2-4H3/b23-22+,29-21-. The zero-order valence-corrected chi connectivity index (χ0v) is 35.1. The lowest BCUT2D eigenvalue weighted by Crippen LogP contribution is -2.25. The van der Waals surface area contributed by atoms with E-state index in [-0.39, 0.29) is 10.8 Å². The average molecular weight is 777 g/mol. The minimum Gasteiger partial charge on any atom is -0.341 e. The summed E-state index contributed by atoms with van der Waals surface area (Å²) in [6.07, 6.45) is 21.0. The second-order valence-corrected chi connectivity index (χ2v) is 18.1. The van der Waals surface area contributed by atoms with E-state index in [4.69, 9.17) is 0 Å². The van der Waals surface area contributed by atoms with Crippen molar-refractivity contribution in [3.63, 3.8) is 0 Å². The van der Waals surface area contributed by atoms with Crippen LogP contribution in [0.15, 0.2) is 157 Å². The second kappa shape index (κ2) is 14.1. The predicted octanol–water partition coefficient (Wildman–Crippen LogP) is 15.2. The van der Waals surface area contributed by atoms with E-state index >= 15 is 0 Å². The van der Waals surface area contributed by atoms with Crippen LogP contribution in [0.1, 0.15) is 103 Å². The Labute approximate surface area is 356 Å². The van der Waals surface area contributed by atoms with Crippen LogP contribution in [0.2, 0.25) is 0 Å². The van der Waals surface area contributed by atoms with Gasteiger partial charge < -0.3 is 9.80 Å². The van der Waals surface area contributed by atoms with Gasteiger partial charge >= 0.3 is 0 Å². The van der Waals surface area contributed by atoms with E-state index in [1.165, 1.54) is 117 Å². The van der Waals surface area contributed by atoms with Gasteiger partial charge in [0.05, 0.1) is 11.4 Å². The quantitative estimate of drug-likeness (QED) is 0.123. The molecule has 6 aromatic rings. The first-order valence-electron chi connectivity index (χ1n) is 22.0. The van der Waals surface area contributed by atoms with Crippen molar-refractivity contribution in [3.05, 3.63) is 207 Å². The molecule has 1 fully saturated rings. The number of allylic oxidation sites excluding steroid dienone is 4. The third-order valence-electron chi connectivity index (χ3n) is 14.6. The van der Waals surface area contributed by atoms with Gasteiger partial charge in [-0.15, -0.1) is 0 Å². The zero-order chi connectivity index (χ0) is 40.6. The molecule has 2 heterocycles. The lowest BCUT2D eigenvalue weighted by Gasteiger charge is -2.33. The number of benzene rings is 6. The van der Waals surface area contributed by atoms with Crippen molar-refractivity contribution in [2.45, 2.75) is 70.1 Å². The fourth-order valence-electron chi connectivity index (χ4n) is 11.2. The molecule has 6 aromatic carbocycles. The summed E-state index contributed by atoms with van der Waals surface area (Å²) in [5.41, 5.74) is 23.6. The van der Waals surface area contributed by atoms with E-state index in [0.717, 1.165) is 23.6 Å². The number of hydrogen-bond acceptors (Lipinski definition) is 2. The maximum absolute atomic E-state index is 4.63. The van der Waals surface area contributed by atoms with Gasteiger partial charge in [0.15, 0.2) is 0 Å². The van der Waals surface area contributed by atoms with Crippen LogP contribution in [0.5, 0.6) is 0 Å². The largest absolute Gasteiger partial charge is 0.341 e. The maximum atomic E-state index is 4.63. The molecule has 5 aliphatic rings. The molecule has 11 rings (SSSR count). The fourth-order valence-corrected chi connectivity index (χ4v) is 11.2. The molecule has 2 nitrogen and oxygen atoms in total. The van der Waals surface area contributed by atoms with Gasteiger partial charge in [0, 0.05) is 34.4 Å². The third kappa shape index (κ3) is 5.75. The molecule has 0 saturated heterocycles. The van der Waals surface area contributed by atoms with Gasteiger partial charge in [-0.2, -0.15) is 0 Å². The van der Waals surface area contributed by atoms with Crippen LogP contribution >= 0.6 is 0 Å². The number of anilines is 4. The molecular weight excluding hydrogens is 725 g/mol. The summed E-state index contributed by atoms with van der Waals surface area (Å²) in [6, 6.07) is 47.8. The molecule has 1 spiro atoms. The third-order valence-corrected chi connectivity index (χ3v) is 14.6. The van der Waals surface area contributed by atoms with Crippen LogP contribution in [0.4, 0.5) is 22.7 Å². The molecule has 3 aliphatic carbocycles. The normalized spacial score (nSPS) is 17.8. The number of hydrogen-bond donors (Lipinski definition) is 0. The first-order chi connectivity index (χ1) is 29.3. The Morgan fingerprint density at radius 1 is 0.600 bits per heavy atom. The number of fused-ring (bicyclic) bond motifs is 9. The Kier molecular flexibility index (Phi) is 8.64. The Hall–Kier alpha value is -6.38. The average Bonchev–Trinajstić information content (AvgIpc) is 3.89. The highest BCUT2D eigenvalue weighted by molar-refractivity contribution is 5.92. The van der Waals surface area contributed by atoms with Crippen molar-refractivity contribution < 1.29 is 0 Å². The smallest absolute Gasteiger partial charge is 0.0533 e. The molecule has 0 radical (unpaired) electrons. The topological polar surface area (TPSA) is 6.48 Å². The fraction of sp³-hybridized carbons (Fsp3) is 0.207. The number of rotatable bonds is 6.